The average Bonchev–Trinajstić information content (AvgIpc) is 2.65. The highest BCUT2D eigenvalue weighted by Crippen LogP contribution is 2.30. The molecule has 0 heterocycles. The molecule has 0 aliphatic heterocycles. The van der Waals surface area contributed by atoms with Crippen LogP contribution >= 0.6 is 0 Å². The molecule has 0 spiro atoms. The Bertz CT molecular complexity index is 817. The Hall–Kier alpha value is -3.26. The zero-order valence-corrected chi connectivity index (χ0v) is 14.4. The van der Waals surface area contributed by atoms with Crippen molar-refractivity contribution in [1.82, 2.24) is 0 Å². The van der Waals surface area contributed by atoms with Gasteiger partial charge in [-0.2, -0.15) is 5.26 Å². The summed E-state index contributed by atoms with van der Waals surface area (Å²) >= 11 is 0. The van der Waals surface area contributed by atoms with Crippen LogP contribution in [0.2, 0.25) is 0 Å². The molecule has 0 saturated heterocycles. The smallest absolute Gasteiger partial charge is 0.331 e. The molecule has 0 aliphatic rings. The highest BCUT2D eigenvalue weighted by Gasteiger charge is 2.09. The number of carbonyl (C=O) groups excluding carboxylic acids is 1. The molecule has 0 aromatic heterocycles. The van der Waals surface area contributed by atoms with Crippen molar-refractivity contribution in [3.05, 3.63) is 64.7 Å². The van der Waals surface area contributed by atoms with Crippen LogP contribution in [0.3, 0.4) is 0 Å². The van der Waals surface area contributed by atoms with Gasteiger partial charge in [0.05, 0.1) is 25.9 Å². The van der Waals surface area contributed by atoms with Gasteiger partial charge in [0, 0.05) is 6.08 Å². The van der Waals surface area contributed by atoms with Gasteiger partial charge in [0.25, 0.3) is 0 Å². The Morgan fingerprint density at radius 2 is 1.76 bits per heavy atom. The number of ether oxygens (including phenoxy) is 3. The molecule has 0 amide bonds. The second kappa shape index (κ2) is 8.55. The molecule has 0 bridgehead atoms. The summed E-state index contributed by atoms with van der Waals surface area (Å²) in [5, 5.41) is 8.76. The first-order chi connectivity index (χ1) is 12.1. The van der Waals surface area contributed by atoms with Gasteiger partial charge in [-0.1, -0.05) is 12.1 Å². The summed E-state index contributed by atoms with van der Waals surface area (Å²) in [7, 11) is 3.13. The van der Waals surface area contributed by atoms with E-state index in [0.29, 0.717) is 17.1 Å². The third-order valence-corrected chi connectivity index (χ3v) is 3.66. The molecule has 0 radical (unpaired) electrons. The van der Waals surface area contributed by atoms with Crippen molar-refractivity contribution in [2.24, 2.45) is 0 Å². The number of carbonyl (C=O) groups is 1. The van der Waals surface area contributed by atoms with E-state index in [2.05, 4.69) is 0 Å². The van der Waals surface area contributed by atoms with E-state index in [1.54, 1.807) is 50.6 Å². The first-order valence-corrected chi connectivity index (χ1v) is 7.64. The number of nitrogens with zero attached hydrogens (tertiary/aromatic N) is 1. The van der Waals surface area contributed by atoms with Gasteiger partial charge in [-0.05, 0) is 54.0 Å². The highest BCUT2D eigenvalue weighted by atomic mass is 16.5. The molecule has 0 N–H and O–H groups in total. The molecule has 0 saturated carbocycles. The standard InChI is InChI=1S/C20H19NO4/c1-14-10-18(23-2)19(24-3)11-17(14)13-25-20(22)9-8-15-4-6-16(12-21)7-5-15/h4-11H,13H2,1-3H3/b9-8+. The van der Waals surface area contributed by atoms with Crippen LogP contribution in [0.5, 0.6) is 11.5 Å². The molecule has 2 aromatic rings. The van der Waals surface area contributed by atoms with Gasteiger partial charge in [-0.3, -0.25) is 0 Å². The van der Waals surface area contributed by atoms with E-state index in [4.69, 9.17) is 19.5 Å². The van der Waals surface area contributed by atoms with Gasteiger partial charge in [0.2, 0.25) is 0 Å². The number of benzene rings is 2. The zero-order valence-electron chi connectivity index (χ0n) is 14.4. The maximum Gasteiger partial charge on any atom is 0.331 e. The number of hydrogen-bond donors (Lipinski definition) is 0. The molecule has 0 fully saturated rings. The number of rotatable bonds is 6. The van der Waals surface area contributed by atoms with E-state index in [0.717, 1.165) is 16.7 Å². The zero-order chi connectivity index (χ0) is 18.2. The monoisotopic (exact) mass is 337 g/mol. The predicted octanol–water partition coefficient (Wildman–Crippen LogP) is 3.64. The first kappa shape index (κ1) is 18.1. The van der Waals surface area contributed by atoms with Crippen molar-refractivity contribution < 1.29 is 19.0 Å². The maximum absolute atomic E-state index is 11.9. The summed E-state index contributed by atoms with van der Waals surface area (Å²) in [5.41, 5.74) is 3.18. The SMILES string of the molecule is COc1cc(C)c(COC(=O)/C=C/c2ccc(C#N)cc2)cc1OC. The van der Waals surface area contributed by atoms with Crippen LogP contribution in [-0.2, 0) is 16.1 Å². The summed E-state index contributed by atoms with van der Waals surface area (Å²) in [6, 6.07) is 12.6. The maximum atomic E-state index is 11.9. The van der Waals surface area contributed by atoms with Crippen LogP contribution in [0.4, 0.5) is 0 Å². The quantitative estimate of drug-likeness (QED) is 0.594. The van der Waals surface area contributed by atoms with E-state index in [1.807, 2.05) is 19.1 Å². The first-order valence-electron chi connectivity index (χ1n) is 7.64. The molecular weight excluding hydrogens is 318 g/mol. The third-order valence-electron chi connectivity index (χ3n) is 3.66. The molecule has 2 aromatic carbocycles. The Labute approximate surface area is 147 Å². The lowest BCUT2D eigenvalue weighted by molar-refractivity contribution is -0.138. The summed E-state index contributed by atoms with van der Waals surface area (Å²) in [6.45, 7) is 2.06. The van der Waals surface area contributed by atoms with Gasteiger partial charge < -0.3 is 14.2 Å². The fourth-order valence-electron chi connectivity index (χ4n) is 2.21. The van der Waals surface area contributed by atoms with Crippen molar-refractivity contribution in [3.63, 3.8) is 0 Å². The minimum atomic E-state index is -0.446. The molecule has 5 nitrogen and oxygen atoms in total. The molecular formula is C20H19NO4. The van der Waals surface area contributed by atoms with Gasteiger partial charge in [-0.15, -0.1) is 0 Å². The number of hydrogen-bond acceptors (Lipinski definition) is 5. The molecule has 0 atom stereocenters. The minimum absolute atomic E-state index is 0.142. The normalized spacial score (nSPS) is 10.3. The molecule has 0 aliphatic carbocycles. The van der Waals surface area contributed by atoms with E-state index in [-0.39, 0.29) is 6.61 Å². The van der Waals surface area contributed by atoms with Crippen molar-refractivity contribution in [1.29, 1.82) is 5.26 Å². The Morgan fingerprint density at radius 3 is 2.36 bits per heavy atom. The summed E-state index contributed by atoms with van der Waals surface area (Å²) in [5.74, 6) is 0.779. The van der Waals surface area contributed by atoms with Crippen LogP contribution in [0, 0.1) is 18.3 Å². The summed E-state index contributed by atoms with van der Waals surface area (Å²) < 4.78 is 15.8. The van der Waals surface area contributed by atoms with Crippen LogP contribution in [-0.4, -0.2) is 20.2 Å². The van der Waals surface area contributed by atoms with E-state index in [1.165, 1.54) is 6.08 Å². The fourth-order valence-corrected chi connectivity index (χ4v) is 2.21. The van der Waals surface area contributed by atoms with Crippen LogP contribution < -0.4 is 9.47 Å². The Balaban J connectivity index is 1.99. The number of nitriles is 1. The predicted molar refractivity (Wildman–Crippen MR) is 94.3 cm³/mol. The second-order valence-corrected chi connectivity index (χ2v) is 5.31. The summed E-state index contributed by atoms with van der Waals surface area (Å²) in [6.07, 6.45) is 3.00. The van der Waals surface area contributed by atoms with Gasteiger partial charge in [-0.25, -0.2) is 4.79 Å². The second-order valence-electron chi connectivity index (χ2n) is 5.31. The van der Waals surface area contributed by atoms with E-state index >= 15 is 0 Å². The van der Waals surface area contributed by atoms with Crippen LogP contribution in [0.15, 0.2) is 42.5 Å². The number of methoxy groups -OCH3 is 2. The van der Waals surface area contributed by atoms with Gasteiger partial charge in [0.1, 0.15) is 6.61 Å². The topological polar surface area (TPSA) is 68.5 Å². The lowest BCUT2D eigenvalue weighted by Crippen LogP contribution is -2.03. The third kappa shape index (κ3) is 4.85. The minimum Gasteiger partial charge on any atom is -0.493 e. The van der Waals surface area contributed by atoms with Crippen molar-refractivity contribution >= 4 is 12.0 Å². The van der Waals surface area contributed by atoms with Gasteiger partial charge in [0.15, 0.2) is 11.5 Å². The molecule has 2 rings (SSSR count). The van der Waals surface area contributed by atoms with Crippen molar-refractivity contribution in [2.75, 3.05) is 14.2 Å². The Kier molecular flexibility index (Phi) is 6.19. The molecule has 5 heteroatoms. The van der Waals surface area contributed by atoms with Gasteiger partial charge >= 0.3 is 5.97 Å². The summed E-state index contributed by atoms with van der Waals surface area (Å²) in [4.78, 5) is 11.9. The molecule has 25 heavy (non-hydrogen) atoms. The van der Waals surface area contributed by atoms with E-state index in [9.17, 15) is 4.79 Å². The van der Waals surface area contributed by atoms with Crippen molar-refractivity contribution in [2.45, 2.75) is 13.5 Å². The lowest BCUT2D eigenvalue weighted by atomic mass is 10.1. The van der Waals surface area contributed by atoms with E-state index < -0.39 is 5.97 Å². The molecule has 0 unspecified atom stereocenters. The highest BCUT2D eigenvalue weighted by molar-refractivity contribution is 5.87. The number of aryl methyl sites for hydroxylation is 1. The molecule has 128 valence electrons. The fraction of sp³-hybridized carbons (Fsp3) is 0.200. The Morgan fingerprint density at radius 1 is 1.12 bits per heavy atom. The van der Waals surface area contributed by atoms with Crippen molar-refractivity contribution in [3.8, 4) is 17.6 Å². The van der Waals surface area contributed by atoms with Crippen LogP contribution in [0.25, 0.3) is 6.08 Å². The largest absolute Gasteiger partial charge is 0.493 e. The lowest BCUT2D eigenvalue weighted by Gasteiger charge is -2.12. The van der Waals surface area contributed by atoms with Crippen LogP contribution in [0.1, 0.15) is 22.3 Å². The average molecular weight is 337 g/mol. The number of esters is 1.